The highest BCUT2D eigenvalue weighted by Crippen LogP contribution is 2.21. The van der Waals surface area contributed by atoms with Crippen LogP contribution in [0.25, 0.3) is 0 Å². The Kier molecular flexibility index (Phi) is 3.56. The molecule has 1 saturated heterocycles. The summed E-state index contributed by atoms with van der Waals surface area (Å²) >= 11 is 0. The van der Waals surface area contributed by atoms with Gasteiger partial charge in [0.15, 0.2) is 5.82 Å². The van der Waals surface area contributed by atoms with Crippen LogP contribution in [0.2, 0.25) is 0 Å². The number of nitrogens with two attached hydrogens (primary N) is 1. The molecule has 16 heavy (non-hydrogen) atoms. The molecule has 2 rings (SSSR count). The van der Waals surface area contributed by atoms with Gasteiger partial charge in [-0.05, 0) is 25.3 Å². The Hall–Kier alpha value is -1.36. The van der Waals surface area contributed by atoms with Crippen LogP contribution in [0.1, 0.15) is 12.8 Å². The quantitative estimate of drug-likeness (QED) is 0.814. The van der Waals surface area contributed by atoms with Gasteiger partial charge >= 0.3 is 0 Å². The monoisotopic (exact) mass is 222 g/mol. The van der Waals surface area contributed by atoms with Gasteiger partial charge in [-0.2, -0.15) is 4.98 Å². The Morgan fingerprint density at radius 3 is 2.81 bits per heavy atom. The molecule has 5 heteroatoms. The number of piperidine rings is 1. The number of hydrogen-bond donors (Lipinski definition) is 1. The third-order valence-electron chi connectivity index (χ3n) is 3.08. The predicted octanol–water partition coefficient (Wildman–Crippen LogP) is 0.660. The average Bonchev–Trinajstić information content (AvgIpc) is 2.39. The molecular formula is C11H18N4O. The number of hydrogen-bond acceptors (Lipinski definition) is 5. The van der Waals surface area contributed by atoms with Gasteiger partial charge in [0.25, 0.3) is 0 Å². The molecule has 0 spiro atoms. The minimum Gasteiger partial charge on any atom is -0.480 e. The highest BCUT2D eigenvalue weighted by atomic mass is 16.5. The van der Waals surface area contributed by atoms with Gasteiger partial charge in [0, 0.05) is 13.1 Å². The van der Waals surface area contributed by atoms with E-state index in [1.54, 1.807) is 19.5 Å². The molecule has 5 nitrogen and oxygen atoms in total. The molecule has 1 aliphatic heterocycles. The molecule has 0 saturated carbocycles. The highest BCUT2D eigenvalue weighted by Gasteiger charge is 2.19. The van der Waals surface area contributed by atoms with Crippen molar-refractivity contribution in [3.63, 3.8) is 0 Å². The molecule has 0 radical (unpaired) electrons. The average molecular weight is 222 g/mol. The summed E-state index contributed by atoms with van der Waals surface area (Å²) in [6.07, 6.45) is 5.67. The third kappa shape index (κ3) is 2.41. The lowest BCUT2D eigenvalue weighted by molar-refractivity contribution is 0.390. The smallest absolute Gasteiger partial charge is 0.233 e. The van der Waals surface area contributed by atoms with Gasteiger partial charge in [0.2, 0.25) is 5.88 Å². The highest BCUT2D eigenvalue weighted by molar-refractivity contribution is 5.37. The van der Waals surface area contributed by atoms with Gasteiger partial charge in [0.1, 0.15) is 0 Å². The van der Waals surface area contributed by atoms with Crippen molar-refractivity contribution >= 4 is 5.82 Å². The van der Waals surface area contributed by atoms with E-state index in [-0.39, 0.29) is 0 Å². The van der Waals surface area contributed by atoms with Crippen LogP contribution >= 0.6 is 0 Å². The van der Waals surface area contributed by atoms with Crippen LogP contribution in [-0.2, 0) is 0 Å². The zero-order chi connectivity index (χ0) is 11.4. The second-order valence-electron chi connectivity index (χ2n) is 4.09. The SMILES string of the molecule is COc1cncc(N2CCC(CN)CC2)n1. The normalized spacial score (nSPS) is 17.5. The molecule has 2 N–H and O–H groups in total. The fourth-order valence-corrected chi connectivity index (χ4v) is 1.99. The van der Waals surface area contributed by atoms with Crippen molar-refractivity contribution < 1.29 is 4.74 Å². The van der Waals surface area contributed by atoms with E-state index in [1.807, 2.05) is 0 Å². The Bertz CT molecular complexity index is 337. The van der Waals surface area contributed by atoms with E-state index in [1.165, 1.54) is 0 Å². The van der Waals surface area contributed by atoms with Crippen LogP contribution in [0, 0.1) is 5.92 Å². The number of nitrogens with zero attached hydrogens (tertiary/aromatic N) is 3. The minimum atomic E-state index is 0.568. The minimum absolute atomic E-state index is 0.568. The Balaban J connectivity index is 2.02. The number of methoxy groups -OCH3 is 1. The number of ether oxygens (including phenoxy) is 1. The topological polar surface area (TPSA) is 64.3 Å². The number of anilines is 1. The summed E-state index contributed by atoms with van der Waals surface area (Å²) in [5, 5.41) is 0. The summed E-state index contributed by atoms with van der Waals surface area (Å²) in [7, 11) is 1.61. The van der Waals surface area contributed by atoms with Crippen molar-refractivity contribution in [2.45, 2.75) is 12.8 Å². The molecule has 88 valence electrons. The molecule has 1 aromatic heterocycles. The molecule has 0 amide bonds. The molecule has 0 bridgehead atoms. The maximum atomic E-state index is 5.67. The molecule has 1 aromatic rings. The molecule has 2 heterocycles. The molecular weight excluding hydrogens is 204 g/mol. The van der Waals surface area contributed by atoms with Crippen LogP contribution in [-0.4, -0.2) is 36.7 Å². The Morgan fingerprint density at radius 1 is 1.44 bits per heavy atom. The fraction of sp³-hybridized carbons (Fsp3) is 0.636. The van der Waals surface area contributed by atoms with Gasteiger partial charge in [-0.1, -0.05) is 0 Å². The molecule has 0 atom stereocenters. The third-order valence-corrected chi connectivity index (χ3v) is 3.08. The summed E-state index contributed by atoms with van der Waals surface area (Å²) in [5.74, 6) is 2.13. The second kappa shape index (κ2) is 5.12. The molecule has 0 aromatic carbocycles. The van der Waals surface area contributed by atoms with Crippen molar-refractivity contribution in [2.24, 2.45) is 11.7 Å². The van der Waals surface area contributed by atoms with E-state index < -0.39 is 0 Å². The summed E-state index contributed by atoms with van der Waals surface area (Å²) in [5.41, 5.74) is 5.67. The molecule has 0 aliphatic carbocycles. The van der Waals surface area contributed by atoms with Crippen molar-refractivity contribution in [1.82, 2.24) is 9.97 Å². The van der Waals surface area contributed by atoms with Gasteiger partial charge in [-0.3, -0.25) is 4.98 Å². The van der Waals surface area contributed by atoms with Crippen LogP contribution in [0.5, 0.6) is 5.88 Å². The first kappa shape index (κ1) is 11.1. The van der Waals surface area contributed by atoms with E-state index in [9.17, 15) is 0 Å². The zero-order valence-corrected chi connectivity index (χ0v) is 9.59. The maximum absolute atomic E-state index is 5.67. The largest absolute Gasteiger partial charge is 0.480 e. The zero-order valence-electron chi connectivity index (χ0n) is 9.59. The summed E-state index contributed by atoms with van der Waals surface area (Å²) in [6.45, 7) is 2.80. The fourth-order valence-electron chi connectivity index (χ4n) is 1.99. The van der Waals surface area contributed by atoms with E-state index in [4.69, 9.17) is 10.5 Å². The van der Waals surface area contributed by atoms with Crippen molar-refractivity contribution in [3.8, 4) is 5.88 Å². The van der Waals surface area contributed by atoms with Crippen LogP contribution in [0.15, 0.2) is 12.4 Å². The molecule has 1 fully saturated rings. The first-order valence-corrected chi connectivity index (χ1v) is 5.64. The lowest BCUT2D eigenvalue weighted by atomic mass is 9.97. The van der Waals surface area contributed by atoms with Crippen LogP contribution in [0.3, 0.4) is 0 Å². The van der Waals surface area contributed by atoms with Gasteiger partial charge < -0.3 is 15.4 Å². The van der Waals surface area contributed by atoms with Gasteiger partial charge in [-0.25, -0.2) is 0 Å². The molecule has 1 aliphatic rings. The number of rotatable bonds is 3. The van der Waals surface area contributed by atoms with Crippen molar-refractivity contribution in [3.05, 3.63) is 12.4 Å². The first-order valence-electron chi connectivity index (χ1n) is 5.64. The number of aromatic nitrogens is 2. The lowest BCUT2D eigenvalue weighted by Gasteiger charge is -2.31. The summed E-state index contributed by atoms with van der Waals surface area (Å²) in [6, 6.07) is 0. The maximum Gasteiger partial charge on any atom is 0.233 e. The van der Waals surface area contributed by atoms with Crippen LogP contribution in [0.4, 0.5) is 5.82 Å². The van der Waals surface area contributed by atoms with Gasteiger partial charge in [-0.15, -0.1) is 0 Å². The standard InChI is InChI=1S/C11H18N4O/c1-16-11-8-13-7-10(14-11)15-4-2-9(6-12)3-5-15/h7-9H,2-6,12H2,1H3. The van der Waals surface area contributed by atoms with E-state index in [0.29, 0.717) is 11.8 Å². The van der Waals surface area contributed by atoms with Crippen molar-refractivity contribution in [2.75, 3.05) is 31.6 Å². The molecule has 0 unspecified atom stereocenters. The van der Waals surface area contributed by atoms with E-state index in [0.717, 1.165) is 38.3 Å². The van der Waals surface area contributed by atoms with E-state index >= 15 is 0 Å². The van der Waals surface area contributed by atoms with Crippen LogP contribution < -0.4 is 15.4 Å². The second-order valence-corrected chi connectivity index (χ2v) is 4.09. The summed E-state index contributed by atoms with van der Waals surface area (Å²) < 4.78 is 5.07. The lowest BCUT2D eigenvalue weighted by Crippen LogP contribution is -2.36. The first-order chi connectivity index (χ1) is 7.83. The Labute approximate surface area is 95.6 Å². The van der Waals surface area contributed by atoms with Crippen molar-refractivity contribution in [1.29, 1.82) is 0 Å². The van der Waals surface area contributed by atoms with E-state index in [2.05, 4.69) is 14.9 Å². The summed E-state index contributed by atoms with van der Waals surface area (Å²) in [4.78, 5) is 10.7. The van der Waals surface area contributed by atoms with Gasteiger partial charge in [0.05, 0.1) is 19.5 Å². The Morgan fingerprint density at radius 2 is 2.19 bits per heavy atom. The predicted molar refractivity (Wildman–Crippen MR) is 62.6 cm³/mol.